The van der Waals surface area contributed by atoms with E-state index in [-0.39, 0.29) is 5.41 Å². The van der Waals surface area contributed by atoms with Crippen molar-refractivity contribution in [3.05, 3.63) is 0 Å². The molecule has 0 aromatic carbocycles. The van der Waals surface area contributed by atoms with Crippen LogP contribution >= 0.6 is 12.6 Å². The maximum atomic E-state index is 12.5. The summed E-state index contributed by atoms with van der Waals surface area (Å²) in [6.45, 7) is 3.28. The highest BCUT2D eigenvalue weighted by Crippen LogP contribution is 2.68. The second-order valence-corrected chi connectivity index (χ2v) is 9.88. The molecule has 0 aromatic rings. The standard InChI is InChI=1S/C19H28O2S/c1-18-6-5-14-12(13(18)2-3-17(18)20)9-16-15-8-11(22)4-7-19(14,15)10-21-16/h11-16,22H,2-10H2,1H3/t11?,12?,13?,14?,15?,16-,18?,19?/m1/s1. The minimum absolute atomic E-state index is 0.00479. The second kappa shape index (κ2) is 4.53. The van der Waals surface area contributed by atoms with Crippen molar-refractivity contribution in [1.82, 2.24) is 0 Å². The molecule has 2 bridgehead atoms. The fourth-order valence-corrected chi connectivity index (χ4v) is 7.87. The van der Waals surface area contributed by atoms with Crippen molar-refractivity contribution in [1.29, 1.82) is 0 Å². The number of hydrogen-bond donors (Lipinski definition) is 1. The molecule has 5 aliphatic rings. The van der Waals surface area contributed by atoms with Crippen molar-refractivity contribution in [3.8, 4) is 0 Å². The monoisotopic (exact) mass is 320 g/mol. The molecule has 1 aliphatic heterocycles. The summed E-state index contributed by atoms with van der Waals surface area (Å²) in [6.07, 6.45) is 9.94. The summed E-state index contributed by atoms with van der Waals surface area (Å²) in [4.78, 5) is 12.5. The summed E-state index contributed by atoms with van der Waals surface area (Å²) >= 11 is 4.79. The van der Waals surface area contributed by atoms with E-state index in [0.717, 1.165) is 43.6 Å². The van der Waals surface area contributed by atoms with Crippen molar-refractivity contribution >= 4 is 18.4 Å². The van der Waals surface area contributed by atoms with E-state index >= 15 is 0 Å². The fraction of sp³-hybridized carbons (Fsp3) is 0.947. The van der Waals surface area contributed by atoms with E-state index in [0.29, 0.717) is 28.5 Å². The highest BCUT2D eigenvalue weighted by Gasteiger charge is 2.66. The Labute approximate surface area is 139 Å². The van der Waals surface area contributed by atoms with E-state index in [4.69, 9.17) is 17.4 Å². The van der Waals surface area contributed by atoms with Crippen LogP contribution in [0.2, 0.25) is 0 Å². The van der Waals surface area contributed by atoms with Gasteiger partial charge in [-0.05, 0) is 68.6 Å². The second-order valence-electron chi connectivity index (χ2n) is 9.15. The lowest BCUT2D eigenvalue weighted by atomic mass is 9.45. The predicted molar refractivity (Wildman–Crippen MR) is 89.0 cm³/mol. The molecule has 7 unspecified atom stereocenters. The van der Waals surface area contributed by atoms with Crippen LogP contribution in [0.5, 0.6) is 0 Å². The zero-order chi connectivity index (χ0) is 15.1. The van der Waals surface area contributed by atoms with E-state index < -0.39 is 0 Å². The van der Waals surface area contributed by atoms with E-state index in [9.17, 15) is 4.79 Å². The summed E-state index contributed by atoms with van der Waals surface area (Å²) in [6, 6.07) is 0. The minimum atomic E-state index is 0.00479. The van der Waals surface area contributed by atoms with Crippen LogP contribution in [-0.2, 0) is 9.53 Å². The molecular weight excluding hydrogens is 292 g/mol. The number of ketones is 1. The Balaban J connectivity index is 1.52. The van der Waals surface area contributed by atoms with Crippen molar-refractivity contribution in [2.75, 3.05) is 6.61 Å². The highest BCUT2D eigenvalue weighted by molar-refractivity contribution is 7.80. The van der Waals surface area contributed by atoms with E-state index in [1.54, 1.807) is 0 Å². The van der Waals surface area contributed by atoms with Crippen LogP contribution in [0.4, 0.5) is 0 Å². The van der Waals surface area contributed by atoms with Gasteiger partial charge < -0.3 is 4.74 Å². The van der Waals surface area contributed by atoms with Crippen LogP contribution in [0.3, 0.4) is 0 Å². The first kappa shape index (κ1) is 14.3. The summed E-state index contributed by atoms with van der Waals surface area (Å²) in [5.41, 5.74) is 0.449. The molecular formula is C19H28O2S. The Morgan fingerprint density at radius 2 is 1.95 bits per heavy atom. The van der Waals surface area contributed by atoms with E-state index in [2.05, 4.69) is 6.92 Å². The third-order valence-electron chi connectivity index (χ3n) is 8.61. The molecule has 4 saturated carbocycles. The molecule has 0 N–H and O–H groups in total. The van der Waals surface area contributed by atoms with Gasteiger partial charge in [-0.3, -0.25) is 4.79 Å². The molecule has 1 saturated heterocycles. The molecule has 22 heavy (non-hydrogen) atoms. The Morgan fingerprint density at radius 1 is 1.09 bits per heavy atom. The number of rotatable bonds is 0. The molecule has 5 fully saturated rings. The highest BCUT2D eigenvalue weighted by atomic mass is 32.1. The molecule has 5 rings (SSSR count). The van der Waals surface area contributed by atoms with Gasteiger partial charge in [0, 0.05) is 22.5 Å². The predicted octanol–water partition coefficient (Wildman–Crippen LogP) is 3.89. The molecule has 0 radical (unpaired) electrons. The van der Waals surface area contributed by atoms with Crippen molar-refractivity contribution in [2.24, 2.45) is 34.5 Å². The smallest absolute Gasteiger partial charge is 0.139 e. The SMILES string of the molecule is CC12CCC3C(C[C@H]4OCC35CCC(S)CC45)C1CCC2=O. The zero-order valence-electron chi connectivity index (χ0n) is 13.6. The molecule has 4 aliphatic carbocycles. The Hall–Kier alpha value is -0.0200. The summed E-state index contributed by atoms with van der Waals surface area (Å²) in [5, 5.41) is 0.584. The van der Waals surface area contributed by atoms with Gasteiger partial charge in [0.05, 0.1) is 12.7 Å². The molecule has 122 valence electrons. The lowest BCUT2D eigenvalue weighted by molar-refractivity contribution is -0.136. The number of ether oxygens (including phenoxy) is 1. The third-order valence-corrected chi connectivity index (χ3v) is 9.08. The maximum Gasteiger partial charge on any atom is 0.139 e. The van der Waals surface area contributed by atoms with Gasteiger partial charge in [-0.1, -0.05) is 6.92 Å². The number of carbonyl (C=O) groups excluding carboxylic acids is 1. The fourth-order valence-electron chi connectivity index (χ4n) is 7.51. The number of hydrogen-bond acceptors (Lipinski definition) is 3. The Morgan fingerprint density at radius 3 is 2.82 bits per heavy atom. The van der Waals surface area contributed by atoms with Crippen LogP contribution in [-0.4, -0.2) is 23.7 Å². The van der Waals surface area contributed by atoms with Crippen molar-refractivity contribution in [3.63, 3.8) is 0 Å². The average molecular weight is 320 g/mol. The van der Waals surface area contributed by atoms with Crippen molar-refractivity contribution < 1.29 is 9.53 Å². The van der Waals surface area contributed by atoms with Gasteiger partial charge in [0.25, 0.3) is 0 Å². The van der Waals surface area contributed by atoms with Crippen LogP contribution in [0.15, 0.2) is 0 Å². The lowest BCUT2D eigenvalue weighted by Crippen LogP contribution is -2.56. The van der Waals surface area contributed by atoms with E-state index in [1.165, 1.54) is 32.1 Å². The maximum absolute atomic E-state index is 12.5. The topological polar surface area (TPSA) is 26.3 Å². The van der Waals surface area contributed by atoms with E-state index in [1.807, 2.05) is 0 Å². The number of Topliss-reactive ketones (excluding diaryl/α,β-unsaturated/α-hetero) is 1. The Kier molecular flexibility index (Phi) is 2.95. The molecule has 1 heterocycles. The van der Waals surface area contributed by atoms with Crippen LogP contribution < -0.4 is 0 Å². The molecule has 0 spiro atoms. The largest absolute Gasteiger partial charge is 0.377 e. The van der Waals surface area contributed by atoms with Gasteiger partial charge in [0.1, 0.15) is 5.78 Å². The number of fused-ring (bicyclic) bond motifs is 3. The zero-order valence-corrected chi connectivity index (χ0v) is 14.5. The normalized spacial score (nSPS) is 59.8. The molecule has 0 amide bonds. The molecule has 2 nitrogen and oxygen atoms in total. The third kappa shape index (κ3) is 1.60. The minimum Gasteiger partial charge on any atom is -0.377 e. The van der Waals surface area contributed by atoms with Gasteiger partial charge in [0.15, 0.2) is 0 Å². The average Bonchev–Trinajstić information content (AvgIpc) is 2.94. The van der Waals surface area contributed by atoms with Gasteiger partial charge >= 0.3 is 0 Å². The van der Waals surface area contributed by atoms with Gasteiger partial charge in [-0.2, -0.15) is 12.6 Å². The molecule has 0 aromatic heterocycles. The first-order chi connectivity index (χ1) is 10.5. The lowest BCUT2D eigenvalue weighted by Gasteiger charge is -2.58. The Bertz CT molecular complexity index is 520. The van der Waals surface area contributed by atoms with Gasteiger partial charge in [-0.25, -0.2) is 0 Å². The number of carbonyl (C=O) groups is 1. The quantitative estimate of drug-likeness (QED) is 0.686. The summed E-state index contributed by atoms with van der Waals surface area (Å²) < 4.78 is 6.34. The first-order valence-electron chi connectivity index (χ1n) is 9.37. The van der Waals surface area contributed by atoms with Crippen LogP contribution in [0.1, 0.15) is 58.3 Å². The van der Waals surface area contributed by atoms with Gasteiger partial charge in [-0.15, -0.1) is 0 Å². The molecule has 8 atom stereocenters. The first-order valence-corrected chi connectivity index (χ1v) is 9.89. The number of thiol groups is 1. The van der Waals surface area contributed by atoms with Crippen LogP contribution in [0.25, 0.3) is 0 Å². The molecule has 3 heteroatoms. The van der Waals surface area contributed by atoms with Crippen LogP contribution in [0, 0.1) is 34.5 Å². The van der Waals surface area contributed by atoms with Gasteiger partial charge in [0.2, 0.25) is 0 Å². The summed E-state index contributed by atoms with van der Waals surface area (Å²) in [7, 11) is 0. The van der Waals surface area contributed by atoms with Crippen molar-refractivity contribution in [2.45, 2.75) is 69.6 Å². The summed E-state index contributed by atoms with van der Waals surface area (Å²) in [5.74, 6) is 3.54.